The number of hydrogen-bond acceptors (Lipinski definition) is 4. The molecule has 0 aliphatic heterocycles. The highest BCUT2D eigenvalue weighted by atomic mass is 19.1. The summed E-state index contributed by atoms with van der Waals surface area (Å²) in [5, 5.41) is 7.23. The van der Waals surface area contributed by atoms with Crippen molar-refractivity contribution in [1.29, 1.82) is 0 Å². The first-order valence-corrected chi connectivity index (χ1v) is 8.99. The standard InChI is InChI=1S/C23H18F2N4/c24-15-4-8-17(9-5-15)27-14-20(26)23-13-12-19-21(2-1-3-22(19)29-23)28-18-10-6-16(25)7-11-18/h1-14,27-28H,26H2/b20-14-. The van der Waals surface area contributed by atoms with Crippen LogP contribution in [0, 0.1) is 11.6 Å². The molecule has 4 aromatic rings. The molecule has 144 valence electrons. The number of nitrogens with one attached hydrogen (secondary N) is 2. The SMILES string of the molecule is N/C(=C\Nc1ccc(F)cc1)c1ccc2c(Nc3ccc(F)cc3)cccc2n1. The van der Waals surface area contributed by atoms with E-state index in [2.05, 4.69) is 15.6 Å². The predicted molar refractivity (Wildman–Crippen MR) is 114 cm³/mol. The van der Waals surface area contributed by atoms with Crippen molar-refractivity contribution in [2.45, 2.75) is 0 Å². The van der Waals surface area contributed by atoms with Crippen molar-refractivity contribution in [2.24, 2.45) is 5.73 Å². The van der Waals surface area contributed by atoms with Gasteiger partial charge in [-0.3, -0.25) is 0 Å². The van der Waals surface area contributed by atoms with Crippen LogP contribution in [0.4, 0.5) is 25.8 Å². The second-order valence-corrected chi connectivity index (χ2v) is 6.45. The monoisotopic (exact) mass is 388 g/mol. The third-order valence-electron chi connectivity index (χ3n) is 4.39. The first-order valence-electron chi connectivity index (χ1n) is 8.99. The molecule has 4 rings (SSSR count). The third-order valence-corrected chi connectivity index (χ3v) is 4.39. The molecule has 0 radical (unpaired) electrons. The average molecular weight is 388 g/mol. The van der Waals surface area contributed by atoms with Gasteiger partial charge in [-0.15, -0.1) is 0 Å². The highest BCUT2D eigenvalue weighted by Crippen LogP contribution is 2.26. The van der Waals surface area contributed by atoms with Crippen LogP contribution in [0.1, 0.15) is 5.69 Å². The Morgan fingerprint density at radius 1 is 0.793 bits per heavy atom. The Bertz CT molecular complexity index is 1170. The molecule has 0 spiro atoms. The zero-order valence-corrected chi connectivity index (χ0v) is 15.4. The Morgan fingerprint density at radius 2 is 1.45 bits per heavy atom. The second-order valence-electron chi connectivity index (χ2n) is 6.45. The van der Waals surface area contributed by atoms with E-state index in [9.17, 15) is 8.78 Å². The quantitative estimate of drug-likeness (QED) is 0.415. The van der Waals surface area contributed by atoms with Crippen molar-refractivity contribution >= 4 is 33.7 Å². The van der Waals surface area contributed by atoms with Crippen molar-refractivity contribution in [3.63, 3.8) is 0 Å². The molecular weight excluding hydrogens is 370 g/mol. The largest absolute Gasteiger partial charge is 0.396 e. The molecule has 0 bridgehead atoms. The lowest BCUT2D eigenvalue weighted by molar-refractivity contribution is 0.627. The molecule has 1 aromatic heterocycles. The molecule has 0 saturated heterocycles. The number of fused-ring (bicyclic) bond motifs is 1. The summed E-state index contributed by atoms with van der Waals surface area (Å²) in [6, 6.07) is 21.6. The fourth-order valence-electron chi connectivity index (χ4n) is 2.89. The summed E-state index contributed by atoms with van der Waals surface area (Å²) < 4.78 is 26.1. The first kappa shape index (κ1) is 18.4. The van der Waals surface area contributed by atoms with Gasteiger partial charge in [0.25, 0.3) is 0 Å². The summed E-state index contributed by atoms with van der Waals surface area (Å²) >= 11 is 0. The Hall–Kier alpha value is -3.93. The summed E-state index contributed by atoms with van der Waals surface area (Å²) in [6.45, 7) is 0. The van der Waals surface area contributed by atoms with Crippen LogP contribution in [0.25, 0.3) is 16.6 Å². The van der Waals surface area contributed by atoms with Crippen molar-refractivity contribution in [2.75, 3.05) is 10.6 Å². The molecule has 1 heterocycles. The number of benzene rings is 3. The van der Waals surface area contributed by atoms with Gasteiger partial charge in [0.1, 0.15) is 11.6 Å². The Balaban J connectivity index is 1.58. The van der Waals surface area contributed by atoms with E-state index < -0.39 is 0 Å². The van der Waals surface area contributed by atoms with Crippen LogP contribution in [0.5, 0.6) is 0 Å². The van der Waals surface area contributed by atoms with Gasteiger partial charge >= 0.3 is 0 Å². The third kappa shape index (κ3) is 4.32. The molecule has 3 aromatic carbocycles. The van der Waals surface area contributed by atoms with Crippen molar-refractivity contribution in [1.82, 2.24) is 4.98 Å². The van der Waals surface area contributed by atoms with Crippen LogP contribution < -0.4 is 16.4 Å². The van der Waals surface area contributed by atoms with Gasteiger partial charge in [0.2, 0.25) is 0 Å². The van der Waals surface area contributed by atoms with Crippen molar-refractivity contribution in [3.8, 4) is 0 Å². The summed E-state index contributed by atoms with van der Waals surface area (Å²) in [7, 11) is 0. The maximum Gasteiger partial charge on any atom is 0.123 e. The summed E-state index contributed by atoms with van der Waals surface area (Å²) in [4.78, 5) is 4.62. The summed E-state index contributed by atoms with van der Waals surface area (Å²) in [5.41, 5.74) is 10.4. The molecule has 0 fully saturated rings. The lowest BCUT2D eigenvalue weighted by atomic mass is 10.1. The van der Waals surface area contributed by atoms with Gasteiger partial charge in [0.15, 0.2) is 0 Å². The minimum absolute atomic E-state index is 0.281. The van der Waals surface area contributed by atoms with Crippen LogP contribution in [-0.4, -0.2) is 4.98 Å². The summed E-state index contributed by atoms with van der Waals surface area (Å²) in [5.74, 6) is -0.579. The fourth-order valence-corrected chi connectivity index (χ4v) is 2.89. The zero-order valence-electron chi connectivity index (χ0n) is 15.4. The van der Waals surface area contributed by atoms with Gasteiger partial charge in [0, 0.05) is 28.6 Å². The lowest BCUT2D eigenvalue weighted by Gasteiger charge is -2.11. The van der Waals surface area contributed by atoms with Crippen LogP contribution >= 0.6 is 0 Å². The van der Waals surface area contributed by atoms with E-state index in [0.717, 1.165) is 28.0 Å². The number of hydrogen-bond donors (Lipinski definition) is 3. The fraction of sp³-hybridized carbons (Fsp3) is 0. The van der Waals surface area contributed by atoms with E-state index >= 15 is 0 Å². The second kappa shape index (κ2) is 7.98. The molecule has 0 saturated carbocycles. The van der Waals surface area contributed by atoms with Gasteiger partial charge < -0.3 is 16.4 Å². The number of halogens is 2. The molecule has 0 aliphatic rings. The molecular formula is C23H18F2N4. The minimum Gasteiger partial charge on any atom is -0.396 e. The normalized spacial score (nSPS) is 11.4. The maximum atomic E-state index is 13.1. The van der Waals surface area contributed by atoms with E-state index in [1.54, 1.807) is 30.5 Å². The van der Waals surface area contributed by atoms with Crippen molar-refractivity contribution in [3.05, 3.63) is 102 Å². The average Bonchev–Trinajstić information content (AvgIpc) is 2.74. The molecule has 0 aliphatic carbocycles. The molecule has 4 N–H and O–H groups in total. The van der Waals surface area contributed by atoms with Crippen LogP contribution in [0.2, 0.25) is 0 Å². The number of nitrogens with two attached hydrogens (primary N) is 1. The number of pyridine rings is 1. The van der Waals surface area contributed by atoms with Gasteiger partial charge in [0.05, 0.1) is 16.9 Å². The minimum atomic E-state index is -0.297. The molecule has 6 heteroatoms. The molecule has 29 heavy (non-hydrogen) atoms. The van der Waals surface area contributed by atoms with Crippen LogP contribution in [-0.2, 0) is 0 Å². The van der Waals surface area contributed by atoms with Gasteiger partial charge in [-0.1, -0.05) is 6.07 Å². The van der Waals surface area contributed by atoms with E-state index in [-0.39, 0.29) is 11.6 Å². The van der Waals surface area contributed by atoms with E-state index in [0.29, 0.717) is 11.4 Å². The molecule has 4 nitrogen and oxygen atoms in total. The predicted octanol–water partition coefficient (Wildman–Crippen LogP) is 5.63. The highest BCUT2D eigenvalue weighted by Gasteiger charge is 2.06. The number of aromatic nitrogens is 1. The number of nitrogens with zero attached hydrogens (tertiary/aromatic N) is 1. The highest BCUT2D eigenvalue weighted by molar-refractivity contribution is 5.94. The molecule has 0 atom stereocenters. The number of rotatable bonds is 5. The topological polar surface area (TPSA) is 63.0 Å². The van der Waals surface area contributed by atoms with Gasteiger partial charge in [-0.25, -0.2) is 13.8 Å². The Kier molecular flexibility index (Phi) is 5.07. The first-order chi connectivity index (χ1) is 14.1. The van der Waals surface area contributed by atoms with E-state index in [1.807, 2.05) is 30.3 Å². The zero-order chi connectivity index (χ0) is 20.2. The maximum absolute atomic E-state index is 13.1. The smallest absolute Gasteiger partial charge is 0.123 e. The molecule has 0 unspecified atom stereocenters. The lowest BCUT2D eigenvalue weighted by Crippen LogP contribution is -2.03. The van der Waals surface area contributed by atoms with Crippen molar-refractivity contribution < 1.29 is 8.78 Å². The van der Waals surface area contributed by atoms with Crippen LogP contribution in [0.3, 0.4) is 0 Å². The van der Waals surface area contributed by atoms with E-state index in [1.165, 1.54) is 24.3 Å². The van der Waals surface area contributed by atoms with Crippen LogP contribution in [0.15, 0.2) is 85.1 Å². The van der Waals surface area contributed by atoms with Gasteiger partial charge in [-0.05, 0) is 72.8 Å². The Morgan fingerprint density at radius 3 is 2.14 bits per heavy atom. The van der Waals surface area contributed by atoms with E-state index in [4.69, 9.17) is 5.73 Å². The molecule has 0 amide bonds. The number of anilines is 3. The summed E-state index contributed by atoms with van der Waals surface area (Å²) in [6.07, 6.45) is 1.63. The Labute approximate surface area is 166 Å². The van der Waals surface area contributed by atoms with Gasteiger partial charge in [-0.2, -0.15) is 0 Å².